The Morgan fingerprint density at radius 3 is 2.95 bits per heavy atom. The molecule has 20 heavy (non-hydrogen) atoms. The van der Waals surface area contributed by atoms with Gasteiger partial charge in [-0.2, -0.15) is 5.10 Å². The molecule has 0 radical (unpaired) electrons. The summed E-state index contributed by atoms with van der Waals surface area (Å²) < 4.78 is 0. The molecule has 1 amide bonds. The molecule has 0 saturated carbocycles. The number of aryl methyl sites for hydroxylation is 1. The van der Waals surface area contributed by atoms with Gasteiger partial charge in [-0.1, -0.05) is 31.5 Å². The van der Waals surface area contributed by atoms with Gasteiger partial charge >= 0.3 is 0 Å². The zero-order chi connectivity index (χ0) is 14.7. The molecule has 1 N–H and O–H groups in total. The molecule has 4 nitrogen and oxygen atoms in total. The Balaban J connectivity index is 2.13. The molecule has 1 aromatic carbocycles. The van der Waals surface area contributed by atoms with E-state index in [0.717, 1.165) is 35.1 Å². The van der Waals surface area contributed by atoms with Crippen LogP contribution in [0.25, 0.3) is 0 Å². The number of halogens is 1. The van der Waals surface area contributed by atoms with Gasteiger partial charge in [0.15, 0.2) is 0 Å². The number of nitrogens with zero attached hydrogens (tertiary/aromatic N) is 2. The fraction of sp³-hybridized carbons (Fsp3) is 0.467. The molecule has 0 aromatic heterocycles. The topological polar surface area (TPSA) is 44.7 Å². The smallest absolute Gasteiger partial charge is 0.225 e. The van der Waals surface area contributed by atoms with Gasteiger partial charge < -0.3 is 5.32 Å². The van der Waals surface area contributed by atoms with Crippen molar-refractivity contribution in [3.05, 3.63) is 28.8 Å². The third-order valence-corrected chi connectivity index (χ3v) is 3.75. The monoisotopic (exact) mass is 293 g/mol. The maximum absolute atomic E-state index is 11.7. The van der Waals surface area contributed by atoms with Gasteiger partial charge in [0.05, 0.1) is 12.2 Å². The Morgan fingerprint density at radius 1 is 1.55 bits per heavy atom. The third kappa shape index (κ3) is 3.31. The van der Waals surface area contributed by atoms with Gasteiger partial charge in [-0.25, -0.2) is 0 Å². The molecule has 1 aliphatic heterocycles. The average molecular weight is 294 g/mol. The van der Waals surface area contributed by atoms with Gasteiger partial charge in [0.1, 0.15) is 5.84 Å². The van der Waals surface area contributed by atoms with E-state index in [1.54, 1.807) is 0 Å². The standard InChI is InChI=1S/C15H20ClN3O/c1-4-5-14(20)17-15-11(3)9-19(18-15)12-7-6-10(2)13(16)8-12/h6-8,11H,4-5,9H2,1-3H3,(H,17,18,20)/t11-/m0/s1. The lowest BCUT2D eigenvalue weighted by Gasteiger charge is -2.15. The largest absolute Gasteiger partial charge is 0.312 e. The van der Waals surface area contributed by atoms with Gasteiger partial charge in [-0.05, 0) is 31.0 Å². The zero-order valence-corrected chi connectivity index (χ0v) is 12.9. The summed E-state index contributed by atoms with van der Waals surface area (Å²) in [5, 5.41) is 10.0. The molecule has 2 rings (SSSR count). The van der Waals surface area contributed by atoms with Crippen molar-refractivity contribution < 1.29 is 4.79 Å². The molecule has 0 fully saturated rings. The number of hydrogen-bond donors (Lipinski definition) is 1. The summed E-state index contributed by atoms with van der Waals surface area (Å²) in [6, 6.07) is 5.88. The van der Waals surface area contributed by atoms with Crippen molar-refractivity contribution in [2.45, 2.75) is 33.6 Å². The number of amides is 1. The number of hydrazone groups is 1. The average Bonchev–Trinajstić information content (AvgIpc) is 2.74. The van der Waals surface area contributed by atoms with Gasteiger partial charge in [0, 0.05) is 17.4 Å². The normalized spacial score (nSPS) is 18.1. The first-order valence-electron chi connectivity index (χ1n) is 6.93. The van der Waals surface area contributed by atoms with E-state index in [4.69, 9.17) is 11.6 Å². The Labute approximate surface area is 124 Å². The van der Waals surface area contributed by atoms with E-state index in [2.05, 4.69) is 17.3 Å². The van der Waals surface area contributed by atoms with Crippen molar-refractivity contribution in [2.24, 2.45) is 11.0 Å². The van der Waals surface area contributed by atoms with Gasteiger partial charge in [0.25, 0.3) is 0 Å². The molecule has 1 heterocycles. The van der Waals surface area contributed by atoms with E-state index >= 15 is 0 Å². The molecule has 0 unspecified atom stereocenters. The van der Waals surface area contributed by atoms with Crippen molar-refractivity contribution in [1.29, 1.82) is 0 Å². The Morgan fingerprint density at radius 2 is 2.30 bits per heavy atom. The number of hydrogen-bond acceptors (Lipinski definition) is 3. The van der Waals surface area contributed by atoms with E-state index in [1.807, 2.05) is 37.1 Å². The van der Waals surface area contributed by atoms with Crippen LogP contribution in [0.4, 0.5) is 5.69 Å². The van der Waals surface area contributed by atoms with Crippen molar-refractivity contribution in [2.75, 3.05) is 11.6 Å². The molecule has 1 atom stereocenters. The zero-order valence-electron chi connectivity index (χ0n) is 12.1. The second-order valence-corrected chi connectivity index (χ2v) is 5.61. The molecule has 0 saturated heterocycles. The number of nitrogens with one attached hydrogen (secondary N) is 1. The summed E-state index contributed by atoms with van der Waals surface area (Å²) in [6.45, 7) is 6.76. The molecule has 0 bridgehead atoms. The van der Waals surface area contributed by atoms with E-state index in [9.17, 15) is 4.79 Å². The molecule has 1 aromatic rings. The Kier molecular flexibility index (Phi) is 4.65. The second-order valence-electron chi connectivity index (χ2n) is 5.20. The molecular weight excluding hydrogens is 274 g/mol. The first-order valence-corrected chi connectivity index (χ1v) is 7.31. The summed E-state index contributed by atoms with van der Waals surface area (Å²) in [6.07, 6.45) is 1.37. The van der Waals surface area contributed by atoms with E-state index in [1.165, 1.54) is 0 Å². The first kappa shape index (κ1) is 14.9. The van der Waals surface area contributed by atoms with Crippen LogP contribution >= 0.6 is 11.6 Å². The van der Waals surface area contributed by atoms with Crippen LogP contribution in [0, 0.1) is 12.8 Å². The van der Waals surface area contributed by atoms with Crippen molar-refractivity contribution in [1.82, 2.24) is 5.32 Å². The van der Waals surface area contributed by atoms with E-state index < -0.39 is 0 Å². The predicted octanol–water partition coefficient (Wildman–Crippen LogP) is 3.33. The van der Waals surface area contributed by atoms with Crippen LogP contribution in [0.3, 0.4) is 0 Å². The van der Waals surface area contributed by atoms with Crippen LogP contribution in [0.15, 0.2) is 23.3 Å². The molecular formula is C15H20ClN3O. The lowest BCUT2D eigenvalue weighted by atomic mass is 10.1. The number of rotatable bonds is 3. The Hall–Kier alpha value is -1.55. The quantitative estimate of drug-likeness (QED) is 0.929. The Bertz CT molecular complexity index is 542. The van der Waals surface area contributed by atoms with Crippen molar-refractivity contribution in [3.63, 3.8) is 0 Å². The molecule has 108 valence electrons. The van der Waals surface area contributed by atoms with Gasteiger partial charge in [0.2, 0.25) is 5.91 Å². The summed E-state index contributed by atoms with van der Waals surface area (Å²) in [5.74, 6) is 0.970. The lowest BCUT2D eigenvalue weighted by molar-refractivity contribution is -0.119. The molecule has 1 aliphatic rings. The minimum atomic E-state index is 0.0295. The maximum atomic E-state index is 11.7. The minimum Gasteiger partial charge on any atom is -0.312 e. The molecule has 0 aliphatic carbocycles. The van der Waals surface area contributed by atoms with Crippen LogP contribution in [0.2, 0.25) is 5.02 Å². The van der Waals surface area contributed by atoms with Crippen LogP contribution < -0.4 is 10.3 Å². The highest BCUT2D eigenvalue weighted by atomic mass is 35.5. The lowest BCUT2D eigenvalue weighted by Crippen LogP contribution is -2.33. The fourth-order valence-electron chi connectivity index (χ4n) is 2.10. The van der Waals surface area contributed by atoms with E-state index in [-0.39, 0.29) is 11.8 Å². The number of amidine groups is 1. The van der Waals surface area contributed by atoms with Crippen LogP contribution in [0.5, 0.6) is 0 Å². The summed E-state index contributed by atoms with van der Waals surface area (Å²) >= 11 is 6.15. The van der Waals surface area contributed by atoms with E-state index in [0.29, 0.717) is 6.42 Å². The maximum Gasteiger partial charge on any atom is 0.225 e. The second kappa shape index (κ2) is 6.27. The highest BCUT2D eigenvalue weighted by Crippen LogP contribution is 2.26. The highest BCUT2D eigenvalue weighted by molar-refractivity contribution is 6.31. The minimum absolute atomic E-state index is 0.0295. The number of anilines is 1. The van der Waals surface area contributed by atoms with Crippen LogP contribution in [-0.2, 0) is 4.79 Å². The van der Waals surface area contributed by atoms with Gasteiger partial charge in [-0.15, -0.1) is 0 Å². The SMILES string of the molecule is CCCC(=O)NC1=NN(c2ccc(C)c(Cl)c2)C[C@@H]1C. The molecule has 5 heteroatoms. The molecule has 0 spiro atoms. The first-order chi connectivity index (χ1) is 9.51. The summed E-state index contributed by atoms with van der Waals surface area (Å²) in [5.41, 5.74) is 2.00. The predicted molar refractivity (Wildman–Crippen MR) is 83.2 cm³/mol. The van der Waals surface area contributed by atoms with Crippen LogP contribution in [0.1, 0.15) is 32.3 Å². The third-order valence-electron chi connectivity index (χ3n) is 3.34. The summed E-state index contributed by atoms with van der Waals surface area (Å²) in [7, 11) is 0. The summed E-state index contributed by atoms with van der Waals surface area (Å²) in [4.78, 5) is 11.7. The number of carbonyl (C=O) groups excluding carboxylic acids is 1. The van der Waals surface area contributed by atoms with Crippen molar-refractivity contribution >= 4 is 29.0 Å². The fourth-order valence-corrected chi connectivity index (χ4v) is 2.28. The number of benzene rings is 1. The van der Waals surface area contributed by atoms with Gasteiger partial charge in [-0.3, -0.25) is 9.80 Å². The highest BCUT2D eigenvalue weighted by Gasteiger charge is 2.25. The van der Waals surface area contributed by atoms with Crippen molar-refractivity contribution in [3.8, 4) is 0 Å². The van der Waals surface area contributed by atoms with Crippen LogP contribution in [-0.4, -0.2) is 18.3 Å². The number of carbonyl (C=O) groups is 1.